The second-order valence-electron chi connectivity index (χ2n) is 7.08. The van der Waals surface area contributed by atoms with E-state index < -0.39 is 0 Å². The van der Waals surface area contributed by atoms with Crippen LogP contribution in [-0.2, 0) is 16.0 Å². The summed E-state index contributed by atoms with van der Waals surface area (Å²) in [5.74, 6) is -0.292. The van der Waals surface area contributed by atoms with Crippen LogP contribution in [0.4, 0.5) is 0 Å². The van der Waals surface area contributed by atoms with Gasteiger partial charge in [0.05, 0.1) is 36.6 Å². The van der Waals surface area contributed by atoms with Crippen LogP contribution in [0, 0.1) is 6.92 Å². The molecular weight excluding hydrogens is 316 g/mol. The van der Waals surface area contributed by atoms with Gasteiger partial charge >= 0.3 is 5.97 Å². The van der Waals surface area contributed by atoms with Gasteiger partial charge in [0.15, 0.2) is 0 Å². The second-order valence-corrected chi connectivity index (χ2v) is 7.08. The van der Waals surface area contributed by atoms with Gasteiger partial charge in [-0.25, -0.2) is 4.79 Å². The van der Waals surface area contributed by atoms with Crippen LogP contribution >= 0.6 is 0 Å². The monoisotopic (exact) mass is 342 g/mol. The van der Waals surface area contributed by atoms with Gasteiger partial charge in [-0.15, -0.1) is 0 Å². The SMILES string of the molecule is CCOC(=O)c1c(CN2CCOCC2(C)C)nc2ccccc2c1C. The van der Waals surface area contributed by atoms with E-state index >= 15 is 0 Å². The molecule has 3 rings (SSSR count). The lowest BCUT2D eigenvalue weighted by Gasteiger charge is -2.42. The Morgan fingerprint density at radius 3 is 2.84 bits per heavy atom. The van der Waals surface area contributed by atoms with Gasteiger partial charge in [-0.1, -0.05) is 18.2 Å². The molecule has 0 amide bonds. The molecule has 0 radical (unpaired) electrons. The lowest BCUT2D eigenvalue weighted by molar-refractivity contribution is -0.0558. The Balaban J connectivity index is 2.08. The summed E-state index contributed by atoms with van der Waals surface area (Å²) >= 11 is 0. The van der Waals surface area contributed by atoms with E-state index in [0.29, 0.717) is 31.9 Å². The van der Waals surface area contributed by atoms with E-state index in [0.717, 1.165) is 28.7 Å². The molecule has 134 valence electrons. The Morgan fingerprint density at radius 1 is 1.36 bits per heavy atom. The van der Waals surface area contributed by atoms with Crippen molar-refractivity contribution in [1.82, 2.24) is 9.88 Å². The van der Waals surface area contributed by atoms with Crippen molar-refractivity contribution in [2.75, 3.05) is 26.4 Å². The molecule has 1 fully saturated rings. The molecule has 1 aromatic heterocycles. The fourth-order valence-corrected chi connectivity index (χ4v) is 3.39. The summed E-state index contributed by atoms with van der Waals surface area (Å²) in [7, 11) is 0. The van der Waals surface area contributed by atoms with Crippen molar-refractivity contribution in [2.45, 2.75) is 39.8 Å². The summed E-state index contributed by atoms with van der Waals surface area (Å²) in [5.41, 5.74) is 3.14. The van der Waals surface area contributed by atoms with Gasteiger partial charge in [0, 0.05) is 24.0 Å². The molecule has 1 saturated heterocycles. The molecule has 1 aromatic carbocycles. The molecular formula is C20H26N2O3. The quantitative estimate of drug-likeness (QED) is 0.798. The van der Waals surface area contributed by atoms with Gasteiger partial charge in [-0.05, 0) is 39.3 Å². The number of nitrogens with zero attached hydrogens (tertiary/aromatic N) is 2. The van der Waals surface area contributed by atoms with Gasteiger partial charge < -0.3 is 9.47 Å². The van der Waals surface area contributed by atoms with Crippen molar-refractivity contribution < 1.29 is 14.3 Å². The highest BCUT2D eigenvalue weighted by Gasteiger charge is 2.32. The molecule has 0 unspecified atom stereocenters. The van der Waals surface area contributed by atoms with Gasteiger partial charge in [0.25, 0.3) is 0 Å². The lowest BCUT2D eigenvalue weighted by Crippen LogP contribution is -2.52. The van der Waals surface area contributed by atoms with E-state index in [4.69, 9.17) is 14.5 Å². The van der Waals surface area contributed by atoms with Crippen LogP contribution in [0.3, 0.4) is 0 Å². The third kappa shape index (κ3) is 3.53. The van der Waals surface area contributed by atoms with Crippen LogP contribution in [0.15, 0.2) is 24.3 Å². The highest BCUT2D eigenvalue weighted by molar-refractivity contribution is 5.98. The first kappa shape index (κ1) is 17.8. The maximum atomic E-state index is 12.6. The van der Waals surface area contributed by atoms with E-state index in [1.54, 1.807) is 0 Å². The number of ether oxygens (including phenoxy) is 2. The summed E-state index contributed by atoms with van der Waals surface area (Å²) in [4.78, 5) is 19.8. The predicted molar refractivity (Wildman–Crippen MR) is 97.7 cm³/mol. The first-order chi connectivity index (χ1) is 11.9. The average Bonchev–Trinajstić information content (AvgIpc) is 2.57. The lowest BCUT2D eigenvalue weighted by atomic mass is 9.98. The highest BCUT2D eigenvalue weighted by atomic mass is 16.5. The van der Waals surface area contributed by atoms with Crippen LogP contribution in [0.2, 0.25) is 0 Å². The number of carbonyl (C=O) groups excluding carboxylic acids is 1. The van der Waals surface area contributed by atoms with Crippen LogP contribution < -0.4 is 0 Å². The number of carbonyl (C=O) groups is 1. The summed E-state index contributed by atoms with van der Waals surface area (Å²) in [6.45, 7) is 11.3. The van der Waals surface area contributed by atoms with E-state index in [9.17, 15) is 4.79 Å². The summed E-state index contributed by atoms with van der Waals surface area (Å²) in [5, 5.41) is 0.996. The topological polar surface area (TPSA) is 51.7 Å². The van der Waals surface area contributed by atoms with Crippen LogP contribution in [0.5, 0.6) is 0 Å². The molecule has 5 heteroatoms. The van der Waals surface area contributed by atoms with E-state index in [1.807, 2.05) is 38.1 Å². The average molecular weight is 342 g/mol. The Bertz CT molecular complexity index is 786. The molecule has 1 aliphatic rings. The molecule has 0 spiro atoms. The Labute approximate surface area is 148 Å². The second kappa shape index (κ2) is 7.10. The molecule has 2 aromatic rings. The zero-order valence-corrected chi connectivity index (χ0v) is 15.5. The minimum atomic E-state index is -0.292. The van der Waals surface area contributed by atoms with Crippen molar-refractivity contribution in [3.05, 3.63) is 41.1 Å². The molecule has 0 saturated carbocycles. The zero-order valence-electron chi connectivity index (χ0n) is 15.5. The number of aromatic nitrogens is 1. The first-order valence-corrected chi connectivity index (χ1v) is 8.82. The molecule has 0 atom stereocenters. The Morgan fingerprint density at radius 2 is 2.12 bits per heavy atom. The molecule has 2 heterocycles. The third-order valence-electron chi connectivity index (χ3n) is 4.86. The van der Waals surface area contributed by atoms with Crippen LogP contribution in [-0.4, -0.2) is 47.8 Å². The fraction of sp³-hybridized carbons (Fsp3) is 0.500. The predicted octanol–water partition coefficient (Wildman–Crippen LogP) is 3.33. The van der Waals surface area contributed by atoms with Gasteiger partial charge in [-0.2, -0.15) is 0 Å². The number of hydrogen-bond donors (Lipinski definition) is 0. The summed E-state index contributed by atoms with van der Waals surface area (Å²) < 4.78 is 10.9. The first-order valence-electron chi connectivity index (χ1n) is 8.82. The molecule has 0 bridgehead atoms. The Kier molecular flexibility index (Phi) is 5.06. The smallest absolute Gasteiger partial charge is 0.340 e. The molecule has 5 nitrogen and oxygen atoms in total. The van der Waals surface area contributed by atoms with Crippen molar-refractivity contribution in [2.24, 2.45) is 0 Å². The Hall–Kier alpha value is -1.98. The van der Waals surface area contributed by atoms with E-state index in [1.165, 1.54) is 0 Å². The van der Waals surface area contributed by atoms with Gasteiger partial charge in [-0.3, -0.25) is 9.88 Å². The summed E-state index contributed by atoms with van der Waals surface area (Å²) in [6, 6.07) is 7.94. The zero-order chi connectivity index (χ0) is 18.0. The van der Waals surface area contributed by atoms with Crippen molar-refractivity contribution in [3.63, 3.8) is 0 Å². The third-order valence-corrected chi connectivity index (χ3v) is 4.86. The number of fused-ring (bicyclic) bond motifs is 1. The maximum Gasteiger partial charge on any atom is 0.340 e. The van der Waals surface area contributed by atoms with Crippen molar-refractivity contribution in [1.29, 1.82) is 0 Å². The van der Waals surface area contributed by atoms with Gasteiger partial charge in [0.1, 0.15) is 0 Å². The largest absolute Gasteiger partial charge is 0.462 e. The number of para-hydroxylation sites is 1. The van der Waals surface area contributed by atoms with Crippen molar-refractivity contribution in [3.8, 4) is 0 Å². The fourth-order valence-electron chi connectivity index (χ4n) is 3.39. The molecule has 0 N–H and O–H groups in total. The molecule has 1 aliphatic heterocycles. The number of hydrogen-bond acceptors (Lipinski definition) is 5. The summed E-state index contributed by atoms with van der Waals surface area (Å²) in [6.07, 6.45) is 0. The van der Waals surface area contributed by atoms with E-state index in [-0.39, 0.29) is 11.5 Å². The van der Waals surface area contributed by atoms with E-state index in [2.05, 4.69) is 18.7 Å². The normalized spacial score (nSPS) is 17.6. The number of esters is 1. The standard InChI is InChI=1S/C20H26N2O3/c1-5-25-19(23)18-14(2)15-8-6-7-9-16(15)21-17(18)12-22-10-11-24-13-20(22,3)4/h6-9H,5,10-13H2,1-4H3. The molecule has 25 heavy (non-hydrogen) atoms. The minimum Gasteiger partial charge on any atom is -0.462 e. The molecule has 0 aliphatic carbocycles. The highest BCUT2D eigenvalue weighted by Crippen LogP contribution is 2.27. The number of rotatable bonds is 4. The number of benzene rings is 1. The minimum absolute atomic E-state index is 0.0919. The van der Waals surface area contributed by atoms with Gasteiger partial charge in [0.2, 0.25) is 0 Å². The maximum absolute atomic E-state index is 12.6. The number of aryl methyl sites for hydroxylation is 1. The van der Waals surface area contributed by atoms with Crippen LogP contribution in [0.25, 0.3) is 10.9 Å². The number of morpholine rings is 1. The van der Waals surface area contributed by atoms with Crippen molar-refractivity contribution >= 4 is 16.9 Å². The van der Waals surface area contributed by atoms with Crippen LogP contribution in [0.1, 0.15) is 42.4 Å². The number of pyridine rings is 1.